The third-order valence-electron chi connectivity index (χ3n) is 2.73. The first-order valence-corrected chi connectivity index (χ1v) is 5.91. The maximum absolute atomic E-state index is 12.0. The number of hydrogen-bond acceptors (Lipinski definition) is 2. The number of carbonyl (C=O) groups is 1. The van der Waals surface area contributed by atoms with Crippen molar-refractivity contribution in [3.63, 3.8) is 0 Å². The highest BCUT2D eigenvalue weighted by molar-refractivity contribution is 5.89. The Labute approximate surface area is 102 Å². The minimum Gasteiger partial charge on any atom is -0.372 e. The van der Waals surface area contributed by atoms with Crippen LogP contribution in [0.5, 0.6) is 0 Å². The van der Waals surface area contributed by atoms with Crippen LogP contribution in [0.3, 0.4) is 0 Å². The number of nitrogens with one attached hydrogen (secondary N) is 1. The molecular formula is C13H18N2O2. The Balaban J connectivity index is 1.96. The van der Waals surface area contributed by atoms with E-state index in [4.69, 9.17) is 4.74 Å². The summed E-state index contributed by atoms with van der Waals surface area (Å²) >= 11 is 0. The van der Waals surface area contributed by atoms with Crippen LogP contribution in [0.25, 0.3) is 0 Å². The van der Waals surface area contributed by atoms with E-state index in [9.17, 15) is 4.79 Å². The first kappa shape index (κ1) is 11.9. The monoisotopic (exact) mass is 234 g/mol. The van der Waals surface area contributed by atoms with Gasteiger partial charge in [-0.25, -0.2) is 4.79 Å². The number of urea groups is 1. The average molecular weight is 234 g/mol. The van der Waals surface area contributed by atoms with E-state index in [1.165, 1.54) is 0 Å². The fourth-order valence-electron chi connectivity index (χ4n) is 2.07. The van der Waals surface area contributed by atoms with Crippen molar-refractivity contribution in [1.82, 2.24) is 4.90 Å². The van der Waals surface area contributed by atoms with Crippen LogP contribution in [-0.4, -0.2) is 36.2 Å². The summed E-state index contributed by atoms with van der Waals surface area (Å²) in [5, 5.41) is 2.88. The van der Waals surface area contributed by atoms with Gasteiger partial charge < -0.3 is 15.0 Å². The summed E-state index contributed by atoms with van der Waals surface area (Å²) in [5.74, 6) is 0. The van der Waals surface area contributed by atoms with E-state index in [0.29, 0.717) is 13.1 Å². The molecule has 2 amide bonds. The molecule has 2 unspecified atom stereocenters. The zero-order valence-corrected chi connectivity index (χ0v) is 10.2. The summed E-state index contributed by atoms with van der Waals surface area (Å²) in [7, 11) is 0. The van der Waals surface area contributed by atoms with Gasteiger partial charge in [-0.05, 0) is 26.0 Å². The second kappa shape index (κ2) is 5.19. The molecule has 1 aromatic carbocycles. The lowest BCUT2D eigenvalue weighted by atomic mass is 10.2. The van der Waals surface area contributed by atoms with Gasteiger partial charge in [0.05, 0.1) is 12.2 Å². The first-order valence-electron chi connectivity index (χ1n) is 5.91. The molecule has 1 fully saturated rings. The van der Waals surface area contributed by atoms with Gasteiger partial charge in [0, 0.05) is 18.8 Å². The number of morpholine rings is 1. The third kappa shape index (κ3) is 3.20. The minimum absolute atomic E-state index is 0.0572. The summed E-state index contributed by atoms with van der Waals surface area (Å²) in [4.78, 5) is 13.8. The maximum atomic E-state index is 12.0. The van der Waals surface area contributed by atoms with E-state index in [-0.39, 0.29) is 18.2 Å². The van der Waals surface area contributed by atoms with Crippen LogP contribution in [0.4, 0.5) is 10.5 Å². The topological polar surface area (TPSA) is 41.6 Å². The van der Waals surface area contributed by atoms with Gasteiger partial charge in [0.1, 0.15) is 0 Å². The van der Waals surface area contributed by atoms with Crippen molar-refractivity contribution in [2.24, 2.45) is 0 Å². The molecule has 2 atom stereocenters. The summed E-state index contributed by atoms with van der Waals surface area (Å²) in [6, 6.07) is 9.43. The van der Waals surface area contributed by atoms with Gasteiger partial charge in [0.25, 0.3) is 0 Å². The van der Waals surface area contributed by atoms with E-state index in [1.807, 2.05) is 44.2 Å². The number of nitrogens with zero attached hydrogens (tertiary/aromatic N) is 1. The quantitative estimate of drug-likeness (QED) is 0.810. The first-order chi connectivity index (χ1) is 8.15. The number of rotatable bonds is 1. The Hall–Kier alpha value is -1.55. The number of anilines is 1. The van der Waals surface area contributed by atoms with E-state index >= 15 is 0 Å². The molecular weight excluding hydrogens is 216 g/mol. The van der Waals surface area contributed by atoms with Gasteiger partial charge in [0.15, 0.2) is 0 Å². The van der Waals surface area contributed by atoms with E-state index in [0.717, 1.165) is 5.69 Å². The van der Waals surface area contributed by atoms with E-state index in [1.54, 1.807) is 4.90 Å². The highest BCUT2D eigenvalue weighted by Crippen LogP contribution is 2.13. The van der Waals surface area contributed by atoms with Gasteiger partial charge in [-0.15, -0.1) is 0 Å². The van der Waals surface area contributed by atoms with Crippen molar-refractivity contribution in [3.05, 3.63) is 30.3 Å². The second-order valence-electron chi connectivity index (χ2n) is 4.46. The third-order valence-corrected chi connectivity index (χ3v) is 2.73. The van der Waals surface area contributed by atoms with Crippen molar-refractivity contribution in [3.8, 4) is 0 Å². The molecule has 1 heterocycles. The predicted octanol–water partition coefficient (Wildman–Crippen LogP) is 2.33. The van der Waals surface area contributed by atoms with Crippen LogP contribution in [0.15, 0.2) is 30.3 Å². The number of amides is 2. The van der Waals surface area contributed by atoms with Gasteiger partial charge in [-0.1, -0.05) is 18.2 Å². The Kier molecular flexibility index (Phi) is 3.64. The Bertz CT molecular complexity index is 370. The summed E-state index contributed by atoms with van der Waals surface area (Å²) in [6.07, 6.45) is 0.195. The van der Waals surface area contributed by atoms with Crippen molar-refractivity contribution in [2.45, 2.75) is 26.1 Å². The molecule has 0 radical (unpaired) electrons. The highest BCUT2D eigenvalue weighted by atomic mass is 16.5. The maximum Gasteiger partial charge on any atom is 0.322 e. The van der Waals surface area contributed by atoms with Gasteiger partial charge >= 0.3 is 6.03 Å². The van der Waals surface area contributed by atoms with Crippen molar-refractivity contribution >= 4 is 11.7 Å². The smallest absolute Gasteiger partial charge is 0.322 e. The van der Waals surface area contributed by atoms with Crippen molar-refractivity contribution in [1.29, 1.82) is 0 Å². The molecule has 1 aromatic rings. The standard InChI is InChI=1S/C13H18N2O2/c1-10-8-15(9-11(2)17-10)13(16)14-12-6-4-3-5-7-12/h3-7,10-11H,8-9H2,1-2H3,(H,14,16). The molecule has 92 valence electrons. The van der Waals surface area contributed by atoms with Crippen LogP contribution < -0.4 is 5.32 Å². The normalized spacial score (nSPS) is 24.5. The molecule has 1 saturated heterocycles. The highest BCUT2D eigenvalue weighted by Gasteiger charge is 2.25. The van der Waals surface area contributed by atoms with Crippen molar-refractivity contribution in [2.75, 3.05) is 18.4 Å². The summed E-state index contributed by atoms with van der Waals surface area (Å²) in [6.45, 7) is 5.25. The molecule has 4 heteroatoms. The van der Waals surface area contributed by atoms with Crippen LogP contribution >= 0.6 is 0 Å². The van der Waals surface area contributed by atoms with Crippen LogP contribution in [-0.2, 0) is 4.74 Å². The summed E-state index contributed by atoms with van der Waals surface area (Å²) in [5.41, 5.74) is 0.823. The van der Waals surface area contributed by atoms with E-state index < -0.39 is 0 Å². The SMILES string of the molecule is CC1CN(C(=O)Nc2ccccc2)CC(C)O1. The van der Waals surface area contributed by atoms with Crippen LogP contribution in [0, 0.1) is 0 Å². The molecule has 2 rings (SSSR count). The molecule has 0 aromatic heterocycles. The van der Waals surface area contributed by atoms with E-state index in [2.05, 4.69) is 5.32 Å². The largest absolute Gasteiger partial charge is 0.372 e. The number of hydrogen-bond donors (Lipinski definition) is 1. The van der Waals surface area contributed by atoms with Gasteiger partial charge in [0.2, 0.25) is 0 Å². The molecule has 0 bridgehead atoms. The van der Waals surface area contributed by atoms with Gasteiger partial charge in [-0.2, -0.15) is 0 Å². The minimum atomic E-state index is -0.0572. The molecule has 0 saturated carbocycles. The fraction of sp³-hybridized carbons (Fsp3) is 0.462. The van der Waals surface area contributed by atoms with Crippen LogP contribution in [0.2, 0.25) is 0 Å². The van der Waals surface area contributed by atoms with Crippen LogP contribution in [0.1, 0.15) is 13.8 Å². The van der Waals surface area contributed by atoms with Crippen molar-refractivity contribution < 1.29 is 9.53 Å². The zero-order chi connectivity index (χ0) is 12.3. The Morgan fingerprint density at radius 2 is 1.82 bits per heavy atom. The number of carbonyl (C=O) groups excluding carboxylic acids is 1. The second-order valence-corrected chi connectivity index (χ2v) is 4.46. The summed E-state index contributed by atoms with van der Waals surface area (Å²) < 4.78 is 5.60. The number of para-hydroxylation sites is 1. The number of ether oxygens (including phenoxy) is 1. The molecule has 1 N–H and O–H groups in total. The molecule has 0 aliphatic carbocycles. The lowest BCUT2D eigenvalue weighted by Gasteiger charge is -2.35. The average Bonchev–Trinajstić information content (AvgIpc) is 2.29. The lowest BCUT2D eigenvalue weighted by Crippen LogP contribution is -2.49. The molecule has 4 nitrogen and oxygen atoms in total. The molecule has 17 heavy (non-hydrogen) atoms. The Morgan fingerprint density at radius 1 is 1.24 bits per heavy atom. The lowest BCUT2D eigenvalue weighted by molar-refractivity contribution is -0.0530. The molecule has 1 aliphatic heterocycles. The molecule has 1 aliphatic rings. The Morgan fingerprint density at radius 3 is 2.41 bits per heavy atom. The predicted molar refractivity (Wildman–Crippen MR) is 67.0 cm³/mol. The van der Waals surface area contributed by atoms with Gasteiger partial charge in [-0.3, -0.25) is 0 Å². The zero-order valence-electron chi connectivity index (χ0n) is 10.2. The fourth-order valence-corrected chi connectivity index (χ4v) is 2.07. The number of benzene rings is 1. The molecule has 0 spiro atoms.